The monoisotopic (exact) mass is 310 g/mol. The van der Waals surface area contributed by atoms with Gasteiger partial charge in [-0.25, -0.2) is 22.4 Å². The Balaban J connectivity index is 1.98. The maximum atomic E-state index is 13.3. The first-order chi connectivity index (χ1) is 10.5. The topological polar surface area (TPSA) is 41.1 Å². The van der Waals surface area contributed by atoms with Gasteiger partial charge in [-0.3, -0.25) is 0 Å². The number of anilines is 1. The number of hydrogen-bond donors (Lipinski definition) is 2. The largest absolute Gasteiger partial charge is 0.323 e. The number of hydrogen-bond acceptors (Lipinski definition) is 1. The fourth-order valence-corrected chi connectivity index (χ4v) is 1.60. The highest BCUT2D eigenvalue weighted by atomic mass is 19.2. The van der Waals surface area contributed by atoms with Gasteiger partial charge in [-0.2, -0.15) is 0 Å². The Kier molecular flexibility index (Phi) is 4.77. The van der Waals surface area contributed by atoms with Gasteiger partial charge < -0.3 is 10.6 Å². The molecule has 0 radical (unpaired) electrons. The molecule has 2 N–H and O–H groups in total. The highest BCUT2D eigenvalue weighted by Crippen LogP contribution is 2.19. The summed E-state index contributed by atoms with van der Waals surface area (Å²) in [6, 6.07) is 6.33. The minimum atomic E-state index is -1.67. The van der Waals surface area contributed by atoms with E-state index >= 15 is 0 Å². The van der Waals surface area contributed by atoms with E-state index in [2.05, 4.69) is 5.32 Å². The fourth-order valence-electron chi connectivity index (χ4n) is 1.60. The van der Waals surface area contributed by atoms with E-state index in [1.54, 1.807) is 6.07 Å². The van der Waals surface area contributed by atoms with Crippen LogP contribution in [0, 0.1) is 23.3 Å². The van der Waals surface area contributed by atoms with E-state index < -0.39 is 35.0 Å². The number of amides is 2. The zero-order valence-electron chi connectivity index (χ0n) is 11.0. The molecule has 3 nitrogen and oxygen atoms in total. The van der Waals surface area contributed by atoms with E-state index in [4.69, 9.17) is 0 Å². The van der Waals surface area contributed by atoms with Gasteiger partial charge in [0.15, 0.2) is 17.5 Å². The van der Waals surface area contributed by atoms with E-state index in [1.165, 1.54) is 30.5 Å². The second kappa shape index (κ2) is 6.75. The van der Waals surface area contributed by atoms with Crippen molar-refractivity contribution < 1.29 is 22.4 Å². The van der Waals surface area contributed by atoms with Crippen LogP contribution in [0.3, 0.4) is 0 Å². The summed E-state index contributed by atoms with van der Waals surface area (Å²) in [5.41, 5.74) is -0.00476. The lowest BCUT2D eigenvalue weighted by Crippen LogP contribution is -2.24. The Morgan fingerprint density at radius 1 is 1.00 bits per heavy atom. The average molecular weight is 310 g/mol. The first-order valence-electron chi connectivity index (χ1n) is 6.10. The number of carbonyl (C=O) groups excluding carboxylic acids is 1. The second-order valence-electron chi connectivity index (χ2n) is 4.21. The molecule has 0 heterocycles. The minimum absolute atomic E-state index is 0.435. The molecule has 2 aromatic rings. The van der Waals surface area contributed by atoms with Crippen LogP contribution in [-0.2, 0) is 0 Å². The molecule has 0 spiro atoms. The molecule has 2 rings (SSSR count). The maximum Gasteiger partial charge on any atom is 0.323 e. The Labute approximate surface area is 123 Å². The molecular formula is C15H10F4N2O. The molecular weight excluding hydrogens is 300 g/mol. The van der Waals surface area contributed by atoms with Gasteiger partial charge in [0.25, 0.3) is 0 Å². The van der Waals surface area contributed by atoms with Crippen LogP contribution in [0.2, 0.25) is 0 Å². The van der Waals surface area contributed by atoms with Crippen molar-refractivity contribution in [3.05, 3.63) is 71.4 Å². The van der Waals surface area contributed by atoms with Crippen molar-refractivity contribution in [1.29, 1.82) is 0 Å². The molecule has 22 heavy (non-hydrogen) atoms. The number of urea groups is 1. The van der Waals surface area contributed by atoms with E-state index in [-0.39, 0.29) is 0 Å². The molecule has 2 amide bonds. The van der Waals surface area contributed by atoms with E-state index in [0.29, 0.717) is 11.6 Å². The van der Waals surface area contributed by atoms with Gasteiger partial charge >= 0.3 is 6.03 Å². The van der Waals surface area contributed by atoms with Crippen molar-refractivity contribution in [1.82, 2.24) is 5.32 Å². The van der Waals surface area contributed by atoms with Gasteiger partial charge in [0, 0.05) is 6.20 Å². The van der Waals surface area contributed by atoms with Crippen LogP contribution in [-0.4, -0.2) is 6.03 Å². The summed E-state index contributed by atoms with van der Waals surface area (Å²) in [5, 5.41) is 4.24. The van der Waals surface area contributed by atoms with Crippen LogP contribution in [0.15, 0.2) is 42.6 Å². The molecule has 0 unspecified atom stereocenters. The Bertz CT molecular complexity index is 731. The van der Waals surface area contributed by atoms with Crippen LogP contribution in [0.1, 0.15) is 5.56 Å². The Hall–Kier alpha value is -2.83. The highest BCUT2D eigenvalue weighted by molar-refractivity contribution is 5.90. The zero-order chi connectivity index (χ0) is 16.1. The van der Waals surface area contributed by atoms with Gasteiger partial charge in [0.05, 0.1) is 5.69 Å². The summed E-state index contributed by atoms with van der Waals surface area (Å²) in [7, 11) is 0. The van der Waals surface area contributed by atoms with Crippen molar-refractivity contribution in [2.24, 2.45) is 0 Å². The van der Waals surface area contributed by atoms with Crippen LogP contribution < -0.4 is 10.6 Å². The average Bonchev–Trinajstić information content (AvgIpc) is 2.48. The normalized spacial score (nSPS) is 10.7. The molecule has 0 saturated carbocycles. The molecule has 0 bridgehead atoms. The van der Waals surface area contributed by atoms with Crippen LogP contribution in [0.25, 0.3) is 6.08 Å². The van der Waals surface area contributed by atoms with Crippen LogP contribution in [0.5, 0.6) is 0 Å². The lowest BCUT2D eigenvalue weighted by atomic mass is 10.2. The van der Waals surface area contributed by atoms with Gasteiger partial charge in [0.1, 0.15) is 5.82 Å². The summed E-state index contributed by atoms with van der Waals surface area (Å²) in [6.07, 6.45) is 2.60. The lowest BCUT2D eigenvalue weighted by molar-refractivity contribution is 0.255. The molecule has 2 aromatic carbocycles. The van der Waals surface area contributed by atoms with Crippen molar-refractivity contribution >= 4 is 17.8 Å². The number of halogens is 4. The number of rotatable bonds is 3. The van der Waals surface area contributed by atoms with E-state index in [9.17, 15) is 22.4 Å². The summed E-state index contributed by atoms with van der Waals surface area (Å²) < 4.78 is 52.0. The van der Waals surface area contributed by atoms with Gasteiger partial charge in [-0.15, -0.1) is 0 Å². The summed E-state index contributed by atoms with van der Waals surface area (Å²) in [6.45, 7) is 0. The van der Waals surface area contributed by atoms with Gasteiger partial charge in [-0.1, -0.05) is 12.1 Å². The number of carbonyl (C=O) groups is 1. The number of benzene rings is 2. The summed E-state index contributed by atoms with van der Waals surface area (Å²) in [5.74, 6) is -4.96. The smallest absolute Gasteiger partial charge is 0.314 e. The minimum Gasteiger partial charge on any atom is -0.314 e. The molecule has 0 aromatic heterocycles. The predicted molar refractivity (Wildman–Crippen MR) is 73.9 cm³/mol. The molecule has 0 aliphatic carbocycles. The number of nitrogens with one attached hydrogen (secondary N) is 2. The third-order valence-electron chi connectivity index (χ3n) is 2.62. The Morgan fingerprint density at radius 3 is 2.50 bits per heavy atom. The van der Waals surface area contributed by atoms with Crippen LogP contribution >= 0.6 is 0 Å². The molecule has 0 atom stereocenters. The standard InChI is InChI=1S/C15H10F4N2O/c16-10-3-1-2-9(8-10)6-7-20-15(22)21-12-5-4-11(17)13(18)14(12)19/h1-8H,(H2,20,21,22)/b7-6+. The zero-order valence-corrected chi connectivity index (χ0v) is 11.0. The molecule has 0 saturated heterocycles. The summed E-state index contributed by atoms with van der Waals surface area (Å²) in [4.78, 5) is 11.5. The van der Waals surface area contributed by atoms with E-state index in [0.717, 1.165) is 6.07 Å². The highest BCUT2D eigenvalue weighted by Gasteiger charge is 2.14. The SMILES string of the molecule is O=C(N/C=C/c1cccc(F)c1)Nc1ccc(F)c(F)c1F. The first-order valence-corrected chi connectivity index (χ1v) is 6.10. The lowest BCUT2D eigenvalue weighted by Gasteiger charge is -2.06. The fraction of sp³-hybridized carbons (Fsp3) is 0. The summed E-state index contributed by atoms with van der Waals surface area (Å²) >= 11 is 0. The van der Waals surface area contributed by atoms with Crippen molar-refractivity contribution in [2.75, 3.05) is 5.32 Å². The maximum absolute atomic E-state index is 13.3. The molecule has 7 heteroatoms. The molecule has 0 aliphatic heterocycles. The quantitative estimate of drug-likeness (QED) is 0.652. The van der Waals surface area contributed by atoms with E-state index in [1.807, 2.05) is 5.32 Å². The van der Waals surface area contributed by atoms with Gasteiger partial charge in [0.2, 0.25) is 0 Å². The third kappa shape index (κ3) is 3.85. The van der Waals surface area contributed by atoms with Crippen molar-refractivity contribution in [3.63, 3.8) is 0 Å². The molecule has 0 aliphatic rings. The molecule has 0 fully saturated rings. The van der Waals surface area contributed by atoms with Crippen molar-refractivity contribution in [3.8, 4) is 0 Å². The first kappa shape index (κ1) is 15.6. The third-order valence-corrected chi connectivity index (χ3v) is 2.62. The Morgan fingerprint density at radius 2 is 1.77 bits per heavy atom. The van der Waals surface area contributed by atoms with Crippen molar-refractivity contribution in [2.45, 2.75) is 0 Å². The predicted octanol–water partition coefficient (Wildman–Crippen LogP) is 4.04. The second-order valence-corrected chi connectivity index (χ2v) is 4.21. The van der Waals surface area contributed by atoms with Crippen LogP contribution in [0.4, 0.5) is 28.0 Å². The van der Waals surface area contributed by atoms with Gasteiger partial charge in [-0.05, 0) is 35.9 Å². The molecule has 114 valence electrons.